The van der Waals surface area contributed by atoms with Gasteiger partial charge in [0.25, 0.3) is 5.91 Å². The van der Waals surface area contributed by atoms with Gasteiger partial charge in [0.1, 0.15) is 0 Å². The first kappa shape index (κ1) is 21.1. The second-order valence-electron chi connectivity index (χ2n) is 8.69. The molecule has 0 bridgehead atoms. The van der Waals surface area contributed by atoms with Gasteiger partial charge in [-0.1, -0.05) is 20.8 Å². The summed E-state index contributed by atoms with van der Waals surface area (Å²) in [4.78, 5) is 19.3. The number of amides is 1. The number of carbonyl (C=O) groups excluding carboxylic acids is 1. The van der Waals surface area contributed by atoms with Crippen molar-refractivity contribution in [2.45, 2.75) is 70.6 Å². The van der Waals surface area contributed by atoms with Crippen molar-refractivity contribution in [2.24, 2.45) is 0 Å². The largest absolute Gasteiger partial charge is 0.416 e. The van der Waals surface area contributed by atoms with Crippen LogP contribution in [0.2, 0.25) is 18.1 Å². The Labute approximate surface area is 158 Å². The molecule has 1 saturated heterocycles. The zero-order valence-corrected chi connectivity index (χ0v) is 17.9. The fourth-order valence-electron chi connectivity index (χ4n) is 3.06. The van der Waals surface area contributed by atoms with Gasteiger partial charge in [0.2, 0.25) is 0 Å². The number of likely N-dealkylation sites (tertiary alicyclic amines) is 1. The van der Waals surface area contributed by atoms with Gasteiger partial charge in [-0.3, -0.25) is 9.78 Å². The van der Waals surface area contributed by atoms with E-state index in [-0.39, 0.29) is 23.6 Å². The quantitative estimate of drug-likeness (QED) is 0.768. The maximum Gasteiger partial charge on any atom is 0.256 e. The van der Waals surface area contributed by atoms with E-state index in [9.17, 15) is 9.90 Å². The van der Waals surface area contributed by atoms with Crippen molar-refractivity contribution < 1.29 is 14.3 Å². The van der Waals surface area contributed by atoms with Gasteiger partial charge >= 0.3 is 0 Å². The third-order valence-electron chi connectivity index (χ3n) is 5.83. The molecule has 0 spiro atoms. The Bertz CT molecular complexity index is 613. The molecule has 2 rings (SSSR count). The van der Waals surface area contributed by atoms with Gasteiger partial charge in [0, 0.05) is 25.8 Å². The second-order valence-corrected chi connectivity index (χ2v) is 13.5. The number of aromatic nitrogens is 1. The molecule has 0 saturated carbocycles. The fraction of sp³-hybridized carbons (Fsp3) is 0.700. The van der Waals surface area contributed by atoms with E-state index in [0.717, 1.165) is 25.0 Å². The first-order chi connectivity index (χ1) is 12.2. The summed E-state index contributed by atoms with van der Waals surface area (Å²) in [5.74, 6) is -0.0147. The average molecular weight is 379 g/mol. The molecule has 0 aromatic carbocycles. The molecule has 1 amide bonds. The van der Waals surface area contributed by atoms with Crippen molar-refractivity contribution in [3.05, 3.63) is 29.6 Å². The van der Waals surface area contributed by atoms with Crippen molar-refractivity contribution in [3.63, 3.8) is 0 Å². The molecule has 1 N–H and O–H groups in total. The van der Waals surface area contributed by atoms with Gasteiger partial charge in [-0.2, -0.15) is 0 Å². The molecule has 1 aromatic rings. The van der Waals surface area contributed by atoms with E-state index in [4.69, 9.17) is 4.43 Å². The number of piperidine rings is 1. The summed E-state index contributed by atoms with van der Waals surface area (Å²) in [7, 11) is -1.81. The third kappa shape index (κ3) is 4.93. The average Bonchev–Trinajstić information content (AvgIpc) is 2.60. The summed E-state index contributed by atoms with van der Waals surface area (Å²) in [6, 6.07) is 3.58. The predicted molar refractivity (Wildman–Crippen MR) is 107 cm³/mol. The third-order valence-corrected chi connectivity index (χ3v) is 10.4. The van der Waals surface area contributed by atoms with Gasteiger partial charge < -0.3 is 14.4 Å². The topological polar surface area (TPSA) is 62.7 Å². The van der Waals surface area contributed by atoms with E-state index >= 15 is 0 Å². The molecule has 1 aliphatic heterocycles. The van der Waals surface area contributed by atoms with Crippen LogP contribution in [0, 0.1) is 0 Å². The van der Waals surface area contributed by atoms with E-state index < -0.39 is 8.32 Å². The summed E-state index contributed by atoms with van der Waals surface area (Å²) in [6.45, 7) is 12.4. The molecular formula is C20H34N2O3Si. The van der Waals surface area contributed by atoms with Gasteiger partial charge in [-0.25, -0.2) is 0 Å². The fourth-order valence-corrected chi connectivity index (χ4v) is 4.11. The van der Waals surface area contributed by atoms with Gasteiger partial charge in [0.15, 0.2) is 8.32 Å². The van der Waals surface area contributed by atoms with Crippen LogP contribution in [-0.2, 0) is 10.8 Å². The highest BCUT2D eigenvalue weighted by atomic mass is 28.4. The lowest BCUT2D eigenvalue weighted by atomic mass is 10.0. The first-order valence-corrected chi connectivity index (χ1v) is 12.6. The van der Waals surface area contributed by atoms with Gasteiger partial charge in [-0.15, -0.1) is 0 Å². The van der Waals surface area contributed by atoms with Crippen LogP contribution in [0.15, 0.2) is 18.3 Å². The molecule has 6 heteroatoms. The normalized spacial score (nSPS) is 18.8. The Morgan fingerprint density at radius 3 is 2.77 bits per heavy atom. The van der Waals surface area contributed by atoms with Crippen molar-refractivity contribution in [2.75, 3.05) is 19.8 Å². The van der Waals surface area contributed by atoms with E-state index in [1.807, 2.05) is 17.0 Å². The smallest absolute Gasteiger partial charge is 0.256 e. The van der Waals surface area contributed by atoms with Crippen LogP contribution in [0.4, 0.5) is 0 Å². The highest BCUT2D eigenvalue weighted by Crippen LogP contribution is 2.36. The summed E-state index contributed by atoms with van der Waals surface area (Å²) in [5.41, 5.74) is 1.44. The van der Waals surface area contributed by atoms with Crippen LogP contribution in [0.25, 0.3) is 0 Å². The van der Waals surface area contributed by atoms with Crippen molar-refractivity contribution in [1.82, 2.24) is 9.88 Å². The molecule has 0 unspecified atom stereocenters. The molecule has 26 heavy (non-hydrogen) atoms. The number of aliphatic hydroxyl groups is 1. The molecular weight excluding hydrogens is 344 g/mol. The Morgan fingerprint density at radius 2 is 2.12 bits per heavy atom. The van der Waals surface area contributed by atoms with Crippen LogP contribution in [0.5, 0.6) is 0 Å². The molecule has 0 aliphatic carbocycles. The van der Waals surface area contributed by atoms with Crippen LogP contribution in [-0.4, -0.2) is 55.0 Å². The van der Waals surface area contributed by atoms with Crippen LogP contribution in [0.1, 0.15) is 56.1 Å². The number of nitrogens with zero attached hydrogens (tertiary/aromatic N) is 2. The van der Waals surface area contributed by atoms with Crippen molar-refractivity contribution >= 4 is 14.2 Å². The second kappa shape index (κ2) is 8.63. The summed E-state index contributed by atoms with van der Waals surface area (Å²) in [5, 5.41) is 9.77. The highest BCUT2D eigenvalue weighted by molar-refractivity contribution is 6.74. The number of carbonyl (C=O) groups is 1. The predicted octanol–water partition coefficient (Wildman–Crippen LogP) is 3.63. The van der Waals surface area contributed by atoms with Gasteiger partial charge in [0.05, 0.1) is 23.9 Å². The highest BCUT2D eigenvalue weighted by Gasteiger charge is 2.37. The van der Waals surface area contributed by atoms with Crippen LogP contribution in [0.3, 0.4) is 0 Å². The molecule has 2 heterocycles. The van der Waals surface area contributed by atoms with Crippen LogP contribution < -0.4 is 0 Å². The monoisotopic (exact) mass is 378 g/mol. The Hall–Kier alpha value is -1.24. The Kier molecular flexibility index (Phi) is 6.99. The Balaban J connectivity index is 2.09. The lowest BCUT2D eigenvalue weighted by Gasteiger charge is -2.36. The minimum Gasteiger partial charge on any atom is -0.416 e. The van der Waals surface area contributed by atoms with Crippen LogP contribution >= 0.6 is 0 Å². The number of aliphatic hydroxyl groups excluding tert-OH is 1. The van der Waals surface area contributed by atoms with E-state index in [2.05, 4.69) is 38.8 Å². The maximum absolute atomic E-state index is 13.1. The molecule has 1 fully saturated rings. The van der Waals surface area contributed by atoms with E-state index in [0.29, 0.717) is 25.1 Å². The standard InChI is InChI=1S/C20H34N2O3Si/c1-20(2,3)26(4,5)25-14-11-18-17(10-8-12-21-18)19(24)22-13-7-6-9-16(22)15-23/h8,10,12,16,23H,6-7,9,11,13-15H2,1-5H3/t16-/m1/s1. The molecule has 1 atom stereocenters. The minimum atomic E-state index is -1.81. The summed E-state index contributed by atoms with van der Waals surface area (Å²) in [6.07, 6.45) is 5.29. The zero-order valence-electron chi connectivity index (χ0n) is 16.9. The van der Waals surface area contributed by atoms with Crippen molar-refractivity contribution in [1.29, 1.82) is 0 Å². The summed E-state index contributed by atoms with van der Waals surface area (Å²) < 4.78 is 6.25. The van der Waals surface area contributed by atoms with E-state index in [1.165, 1.54) is 0 Å². The SMILES string of the molecule is CC(C)(C)[Si](C)(C)OCCc1ncccc1C(=O)N1CCCC[C@@H]1CO. The van der Waals surface area contributed by atoms with Crippen molar-refractivity contribution in [3.8, 4) is 0 Å². The molecule has 0 radical (unpaired) electrons. The number of hydrogen-bond donors (Lipinski definition) is 1. The molecule has 146 valence electrons. The maximum atomic E-state index is 13.1. The summed E-state index contributed by atoms with van der Waals surface area (Å²) >= 11 is 0. The minimum absolute atomic E-state index is 0.0147. The lowest BCUT2D eigenvalue weighted by Crippen LogP contribution is -2.46. The lowest BCUT2D eigenvalue weighted by molar-refractivity contribution is 0.0501. The number of rotatable bonds is 6. The molecule has 5 nitrogen and oxygen atoms in total. The first-order valence-electron chi connectivity index (χ1n) is 9.67. The Morgan fingerprint density at radius 1 is 1.38 bits per heavy atom. The number of pyridine rings is 1. The van der Waals surface area contributed by atoms with Gasteiger partial charge in [-0.05, 0) is 49.5 Å². The molecule has 1 aliphatic rings. The van der Waals surface area contributed by atoms with E-state index in [1.54, 1.807) is 6.20 Å². The zero-order chi connectivity index (χ0) is 19.4. The molecule has 1 aromatic heterocycles. The number of hydrogen-bond acceptors (Lipinski definition) is 4.